The molecule has 0 radical (unpaired) electrons. The second kappa shape index (κ2) is 12.0. The fourth-order valence-corrected chi connectivity index (χ4v) is 3.94. The fourth-order valence-electron chi connectivity index (χ4n) is 2.60. The molecule has 188 valence electrons. The number of alkyl halides is 5. The lowest BCUT2D eigenvalue weighted by atomic mass is 9.78. The first-order valence-electron chi connectivity index (χ1n) is 8.81. The van der Waals surface area contributed by atoms with Gasteiger partial charge in [-0.1, -0.05) is 6.42 Å². The van der Waals surface area contributed by atoms with E-state index in [1.807, 2.05) is 4.72 Å². The third-order valence-electron chi connectivity index (χ3n) is 4.41. The molecule has 0 aromatic heterocycles. The van der Waals surface area contributed by atoms with E-state index in [0.717, 1.165) is 4.31 Å². The first-order chi connectivity index (χ1) is 14.3. The zero-order chi connectivity index (χ0) is 25.5. The maximum atomic E-state index is 12.4. The van der Waals surface area contributed by atoms with E-state index in [9.17, 15) is 40.3 Å². The van der Waals surface area contributed by atoms with Crippen LogP contribution in [0, 0.1) is 5.92 Å². The van der Waals surface area contributed by atoms with Crippen molar-refractivity contribution in [2.75, 3.05) is 19.6 Å². The Morgan fingerprint density at radius 2 is 1.75 bits per heavy atom. The van der Waals surface area contributed by atoms with Gasteiger partial charge in [-0.05, 0) is 12.7 Å². The maximum absolute atomic E-state index is 12.4. The number of hydrogen-bond donors (Lipinski definition) is 7. The first kappa shape index (κ1) is 30.4. The molecule has 0 saturated carbocycles. The van der Waals surface area contributed by atoms with Gasteiger partial charge < -0.3 is 31.7 Å². The summed E-state index contributed by atoms with van der Waals surface area (Å²) in [5.41, 5.74) is 9.07. The van der Waals surface area contributed by atoms with E-state index in [4.69, 9.17) is 31.4 Å². The Hall–Kier alpha value is -1.64. The molecule has 1 aliphatic rings. The Kier molecular flexibility index (Phi) is 11.4. The van der Waals surface area contributed by atoms with Crippen molar-refractivity contribution in [2.24, 2.45) is 17.4 Å². The fraction of sp³-hybridized carbons (Fsp3) is 0.846. The summed E-state index contributed by atoms with van der Waals surface area (Å²) in [5.74, 6) is -4.93. The van der Waals surface area contributed by atoms with Gasteiger partial charge in [-0.25, -0.2) is 18.3 Å². The van der Waals surface area contributed by atoms with Crippen molar-refractivity contribution in [1.82, 2.24) is 9.03 Å². The SMILES string of the molecule is N[C@@H](CNS(=O)(=O)N1C[C@@H](CCCB(O)O)[C@@](N)(C(=O)O)C1)C(F)F.O=C(O)C(F)(F)F. The van der Waals surface area contributed by atoms with Crippen molar-refractivity contribution in [3.63, 3.8) is 0 Å². The lowest BCUT2D eigenvalue weighted by Gasteiger charge is -2.25. The molecule has 9 N–H and O–H groups in total. The van der Waals surface area contributed by atoms with Crippen molar-refractivity contribution in [3.05, 3.63) is 0 Å². The molecule has 0 spiro atoms. The molecule has 1 fully saturated rings. The summed E-state index contributed by atoms with van der Waals surface area (Å²) < 4.78 is 83.5. The minimum Gasteiger partial charge on any atom is -0.480 e. The lowest BCUT2D eigenvalue weighted by molar-refractivity contribution is -0.192. The largest absolute Gasteiger partial charge is 0.490 e. The van der Waals surface area contributed by atoms with Crippen LogP contribution in [0.2, 0.25) is 6.32 Å². The molecular weight excluding hydrogens is 478 g/mol. The highest BCUT2D eigenvalue weighted by Gasteiger charge is 2.52. The van der Waals surface area contributed by atoms with Crippen LogP contribution in [0.5, 0.6) is 0 Å². The highest BCUT2D eigenvalue weighted by Crippen LogP contribution is 2.31. The summed E-state index contributed by atoms with van der Waals surface area (Å²) in [5, 5.41) is 34.1. The van der Waals surface area contributed by atoms with Crippen LogP contribution in [0.1, 0.15) is 12.8 Å². The summed E-state index contributed by atoms with van der Waals surface area (Å²) >= 11 is 0. The van der Waals surface area contributed by atoms with E-state index in [2.05, 4.69) is 0 Å². The highest BCUT2D eigenvalue weighted by atomic mass is 32.2. The highest BCUT2D eigenvalue weighted by molar-refractivity contribution is 7.87. The Morgan fingerprint density at radius 1 is 1.25 bits per heavy atom. The molecule has 19 heteroatoms. The molecule has 1 saturated heterocycles. The minimum atomic E-state index is -5.08. The average molecular weight is 502 g/mol. The molecule has 0 aromatic rings. The Labute approximate surface area is 179 Å². The van der Waals surface area contributed by atoms with E-state index in [1.165, 1.54) is 0 Å². The third kappa shape index (κ3) is 9.47. The Bertz CT molecular complexity index is 744. The molecule has 0 aromatic carbocycles. The summed E-state index contributed by atoms with van der Waals surface area (Å²) in [7, 11) is -5.80. The van der Waals surface area contributed by atoms with Crippen molar-refractivity contribution in [3.8, 4) is 0 Å². The molecule has 1 heterocycles. The Morgan fingerprint density at radius 3 is 2.12 bits per heavy atom. The van der Waals surface area contributed by atoms with E-state index in [-0.39, 0.29) is 25.7 Å². The van der Waals surface area contributed by atoms with Crippen molar-refractivity contribution in [1.29, 1.82) is 0 Å². The predicted octanol–water partition coefficient (Wildman–Crippen LogP) is -1.99. The zero-order valence-corrected chi connectivity index (χ0v) is 17.2. The van der Waals surface area contributed by atoms with Crippen LogP contribution >= 0.6 is 0 Å². The summed E-state index contributed by atoms with van der Waals surface area (Å²) in [4.78, 5) is 20.4. The van der Waals surface area contributed by atoms with Crippen LogP contribution in [0.3, 0.4) is 0 Å². The molecule has 0 bridgehead atoms. The van der Waals surface area contributed by atoms with Gasteiger partial charge in [0.1, 0.15) is 5.54 Å². The predicted molar refractivity (Wildman–Crippen MR) is 98.4 cm³/mol. The second-order valence-electron chi connectivity index (χ2n) is 6.90. The van der Waals surface area contributed by atoms with Gasteiger partial charge in [-0.2, -0.15) is 25.9 Å². The van der Waals surface area contributed by atoms with Gasteiger partial charge >= 0.3 is 25.2 Å². The molecule has 0 unspecified atom stereocenters. The van der Waals surface area contributed by atoms with E-state index >= 15 is 0 Å². The van der Waals surface area contributed by atoms with E-state index in [1.54, 1.807) is 0 Å². The zero-order valence-electron chi connectivity index (χ0n) is 16.4. The number of hydrogen-bond acceptors (Lipinski definition) is 8. The molecule has 3 atom stereocenters. The van der Waals surface area contributed by atoms with Crippen LogP contribution in [0.25, 0.3) is 0 Å². The molecule has 12 nitrogen and oxygen atoms in total. The van der Waals surface area contributed by atoms with Crippen molar-refractivity contribution in [2.45, 2.75) is 43.3 Å². The first-order valence-corrected chi connectivity index (χ1v) is 10.3. The lowest BCUT2D eigenvalue weighted by Crippen LogP contribution is -2.55. The molecule has 0 amide bonds. The second-order valence-corrected chi connectivity index (χ2v) is 8.66. The normalized spacial score (nSPS) is 22.9. The van der Waals surface area contributed by atoms with Crippen LogP contribution in [-0.4, -0.2) is 95.9 Å². The number of carboxylic acid groups (broad SMARTS) is 2. The number of carboxylic acids is 2. The Balaban J connectivity index is 0.00000118. The number of nitrogens with zero attached hydrogens (tertiary/aromatic N) is 1. The average Bonchev–Trinajstić information content (AvgIpc) is 2.98. The smallest absolute Gasteiger partial charge is 0.480 e. The van der Waals surface area contributed by atoms with Gasteiger partial charge in [-0.15, -0.1) is 0 Å². The molecular formula is C13H24BF5N4O8S. The van der Waals surface area contributed by atoms with Gasteiger partial charge in [0.15, 0.2) is 0 Å². The molecule has 32 heavy (non-hydrogen) atoms. The van der Waals surface area contributed by atoms with Crippen molar-refractivity contribution >= 4 is 29.3 Å². The standard InChI is InChI=1S/C11H23BF2N4O6S.C2HF3O2/c13-9(14)8(15)4-17-25(23,24)18-5-7(2-1-3-12(21)22)11(16,6-18)10(19)20;3-2(4,5)1(6)7/h7-9,17,21-22H,1-6,15-16H2,(H,19,20);(H,6,7)/t7-,8+,11-;/m1./s1. The van der Waals surface area contributed by atoms with Gasteiger partial charge in [0.25, 0.3) is 16.6 Å². The number of carbonyl (C=O) groups is 2. The minimum absolute atomic E-state index is 0.0135. The van der Waals surface area contributed by atoms with Crippen molar-refractivity contribution < 1.29 is 60.2 Å². The number of nitrogens with one attached hydrogen (secondary N) is 1. The summed E-state index contributed by atoms with van der Waals surface area (Å²) in [6.07, 6.45) is -7.62. The molecule has 1 aliphatic heterocycles. The number of rotatable bonds is 10. The van der Waals surface area contributed by atoms with E-state index in [0.29, 0.717) is 0 Å². The van der Waals surface area contributed by atoms with Crippen LogP contribution in [-0.2, 0) is 19.8 Å². The maximum Gasteiger partial charge on any atom is 0.490 e. The van der Waals surface area contributed by atoms with E-state index < -0.39 is 72.5 Å². The van der Waals surface area contributed by atoms with Gasteiger partial charge in [0.05, 0.1) is 6.04 Å². The van der Waals surface area contributed by atoms with Crippen LogP contribution < -0.4 is 16.2 Å². The van der Waals surface area contributed by atoms with Crippen LogP contribution in [0.15, 0.2) is 0 Å². The summed E-state index contributed by atoms with van der Waals surface area (Å²) in [6, 6.07) is -1.69. The number of nitrogens with two attached hydrogens (primary N) is 2. The van der Waals surface area contributed by atoms with Gasteiger partial charge in [0, 0.05) is 25.6 Å². The monoisotopic (exact) mass is 502 g/mol. The van der Waals surface area contributed by atoms with Gasteiger partial charge in [0.2, 0.25) is 0 Å². The van der Waals surface area contributed by atoms with Crippen LogP contribution in [0.4, 0.5) is 22.0 Å². The molecule has 0 aliphatic carbocycles. The number of halogens is 5. The number of aliphatic carboxylic acids is 2. The topological polar surface area (TPSA) is 217 Å². The summed E-state index contributed by atoms with van der Waals surface area (Å²) in [6.45, 7) is -1.47. The van der Waals surface area contributed by atoms with Gasteiger partial charge in [-0.3, -0.25) is 4.79 Å². The third-order valence-corrected chi connectivity index (χ3v) is 5.90. The molecule has 1 rings (SSSR count). The quantitative estimate of drug-likeness (QED) is 0.129.